The number of hydrogen-bond acceptors (Lipinski definition) is 3. The number of rotatable bonds is 3. The quantitative estimate of drug-likeness (QED) is 0.819. The molecule has 3 heterocycles. The van der Waals surface area contributed by atoms with Crippen LogP contribution in [-0.2, 0) is 7.05 Å². The zero-order valence-electron chi connectivity index (χ0n) is 11.6. The molecule has 5 nitrogen and oxygen atoms in total. The van der Waals surface area contributed by atoms with Crippen LogP contribution < -0.4 is 0 Å². The number of nitrogens with zero attached hydrogens (tertiary/aromatic N) is 4. The highest BCUT2D eigenvalue weighted by atomic mass is 16.2. The van der Waals surface area contributed by atoms with Crippen molar-refractivity contribution in [3.63, 3.8) is 0 Å². The third kappa shape index (κ3) is 2.66. The van der Waals surface area contributed by atoms with Crippen LogP contribution in [0.5, 0.6) is 0 Å². The van der Waals surface area contributed by atoms with Gasteiger partial charge >= 0.3 is 0 Å². The first-order valence-corrected chi connectivity index (χ1v) is 7.25. The van der Waals surface area contributed by atoms with Crippen molar-refractivity contribution in [1.82, 2.24) is 19.4 Å². The van der Waals surface area contributed by atoms with Crippen molar-refractivity contribution in [3.05, 3.63) is 18.2 Å². The number of carbonyl (C=O) groups excluding carboxylic acids is 1. The minimum absolute atomic E-state index is 0.0993. The summed E-state index contributed by atoms with van der Waals surface area (Å²) in [6.07, 6.45) is 8.38. The first-order chi connectivity index (χ1) is 9.24. The first-order valence-electron chi connectivity index (χ1n) is 7.25. The van der Waals surface area contributed by atoms with Crippen LogP contribution in [0.2, 0.25) is 0 Å². The molecule has 104 valence electrons. The Hall–Kier alpha value is -1.36. The molecule has 5 heteroatoms. The lowest BCUT2D eigenvalue weighted by atomic mass is 10.2. The Morgan fingerprint density at radius 1 is 1.32 bits per heavy atom. The highest BCUT2D eigenvalue weighted by Gasteiger charge is 2.32. The molecule has 2 fully saturated rings. The Labute approximate surface area is 114 Å². The van der Waals surface area contributed by atoms with E-state index in [1.807, 2.05) is 22.7 Å². The predicted octanol–water partition coefficient (Wildman–Crippen LogP) is 1.12. The molecule has 0 aromatic carbocycles. The van der Waals surface area contributed by atoms with Gasteiger partial charge in [-0.2, -0.15) is 0 Å². The fourth-order valence-electron chi connectivity index (χ4n) is 3.23. The molecule has 3 rings (SSSR count). The van der Waals surface area contributed by atoms with E-state index >= 15 is 0 Å². The molecule has 0 spiro atoms. The van der Waals surface area contributed by atoms with Gasteiger partial charge in [0.25, 0.3) is 5.91 Å². The van der Waals surface area contributed by atoms with Crippen molar-refractivity contribution >= 4 is 5.91 Å². The molecule has 0 unspecified atom stereocenters. The summed E-state index contributed by atoms with van der Waals surface area (Å²) in [5.74, 6) is 0.0993. The first kappa shape index (κ1) is 12.7. The summed E-state index contributed by atoms with van der Waals surface area (Å²) < 4.78 is 1.83. The van der Waals surface area contributed by atoms with Crippen molar-refractivity contribution in [2.75, 3.05) is 26.2 Å². The van der Waals surface area contributed by atoms with Gasteiger partial charge in [-0.05, 0) is 38.8 Å². The van der Waals surface area contributed by atoms with Gasteiger partial charge in [0.1, 0.15) is 5.69 Å². The zero-order valence-corrected chi connectivity index (χ0v) is 11.6. The summed E-state index contributed by atoms with van der Waals surface area (Å²) >= 11 is 0. The highest BCUT2D eigenvalue weighted by molar-refractivity contribution is 5.92. The molecule has 2 saturated heterocycles. The van der Waals surface area contributed by atoms with Crippen LogP contribution in [0.4, 0.5) is 0 Å². The topological polar surface area (TPSA) is 41.4 Å². The summed E-state index contributed by atoms with van der Waals surface area (Å²) in [7, 11) is 1.90. The maximum Gasteiger partial charge on any atom is 0.274 e. The second-order valence-corrected chi connectivity index (χ2v) is 5.73. The minimum Gasteiger partial charge on any atom is -0.340 e. The van der Waals surface area contributed by atoms with Gasteiger partial charge in [-0.15, -0.1) is 0 Å². The smallest absolute Gasteiger partial charge is 0.274 e. The van der Waals surface area contributed by atoms with E-state index in [-0.39, 0.29) is 5.91 Å². The van der Waals surface area contributed by atoms with Crippen molar-refractivity contribution in [1.29, 1.82) is 0 Å². The van der Waals surface area contributed by atoms with E-state index in [2.05, 4.69) is 9.88 Å². The molecule has 19 heavy (non-hydrogen) atoms. The van der Waals surface area contributed by atoms with Gasteiger partial charge in [-0.3, -0.25) is 4.79 Å². The fraction of sp³-hybridized carbons (Fsp3) is 0.714. The molecular formula is C14H22N4O. The number of aryl methyl sites for hydroxylation is 1. The van der Waals surface area contributed by atoms with Crippen LogP contribution in [-0.4, -0.2) is 57.5 Å². The van der Waals surface area contributed by atoms with Gasteiger partial charge in [-0.25, -0.2) is 4.98 Å². The average molecular weight is 262 g/mol. The van der Waals surface area contributed by atoms with Crippen molar-refractivity contribution in [2.24, 2.45) is 7.05 Å². The second-order valence-electron chi connectivity index (χ2n) is 5.73. The van der Waals surface area contributed by atoms with Crippen molar-refractivity contribution < 1.29 is 4.79 Å². The van der Waals surface area contributed by atoms with Crippen LogP contribution >= 0.6 is 0 Å². The molecule has 1 atom stereocenters. The molecule has 0 radical (unpaired) electrons. The van der Waals surface area contributed by atoms with Gasteiger partial charge in [-0.1, -0.05) is 0 Å². The number of carbonyl (C=O) groups is 1. The van der Waals surface area contributed by atoms with Gasteiger partial charge in [0.2, 0.25) is 0 Å². The molecular weight excluding hydrogens is 240 g/mol. The van der Waals surface area contributed by atoms with Crippen molar-refractivity contribution in [2.45, 2.75) is 31.7 Å². The summed E-state index contributed by atoms with van der Waals surface area (Å²) in [5.41, 5.74) is 0.579. The minimum atomic E-state index is 0.0993. The average Bonchev–Trinajstić information content (AvgIpc) is 3.10. The Kier molecular flexibility index (Phi) is 3.55. The molecule has 1 aromatic rings. The molecule has 1 aromatic heterocycles. The van der Waals surface area contributed by atoms with Gasteiger partial charge in [0.05, 0.1) is 6.33 Å². The fourth-order valence-corrected chi connectivity index (χ4v) is 3.23. The van der Waals surface area contributed by atoms with E-state index in [9.17, 15) is 4.79 Å². The van der Waals surface area contributed by atoms with Gasteiger partial charge in [0.15, 0.2) is 0 Å². The molecule has 0 bridgehead atoms. The summed E-state index contributed by atoms with van der Waals surface area (Å²) in [6, 6.07) is 0.382. The van der Waals surface area contributed by atoms with Crippen LogP contribution in [0.1, 0.15) is 36.2 Å². The zero-order chi connectivity index (χ0) is 13.2. The Bertz CT molecular complexity index is 450. The highest BCUT2D eigenvalue weighted by Crippen LogP contribution is 2.22. The number of amides is 1. The third-order valence-electron chi connectivity index (χ3n) is 4.23. The number of hydrogen-bond donors (Lipinski definition) is 0. The molecule has 0 saturated carbocycles. The molecule has 0 N–H and O–H groups in total. The molecule has 2 aliphatic rings. The van der Waals surface area contributed by atoms with Gasteiger partial charge in [0, 0.05) is 32.4 Å². The van der Waals surface area contributed by atoms with E-state index in [0.29, 0.717) is 11.7 Å². The largest absolute Gasteiger partial charge is 0.340 e. The normalized spacial score (nSPS) is 24.3. The maximum absolute atomic E-state index is 12.5. The van der Waals surface area contributed by atoms with E-state index in [0.717, 1.165) is 25.9 Å². The van der Waals surface area contributed by atoms with Crippen molar-refractivity contribution in [3.8, 4) is 0 Å². The van der Waals surface area contributed by atoms with E-state index in [1.165, 1.54) is 25.9 Å². The van der Waals surface area contributed by atoms with E-state index in [4.69, 9.17) is 0 Å². The monoisotopic (exact) mass is 262 g/mol. The Morgan fingerprint density at radius 2 is 2.11 bits per heavy atom. The lowest BCUT2D eigenvalue weighted by molar-refractivity contribution is 0.0703. The number of likely N-dealkylation sites (tertiary alicyclic amines) is 2. The number of aromatic nitrogens is 2. The maximum atomic E-state index is 12.5. The predicted molar refractivity (Wildman–Crippen MR) is 72.9 cm³/mol. The SMILES string of the molecule is Cn1cnc(C(=O)N2CCC[C@H]2CN2CCCC2)c1. The van der Waals surface area contributed by atoms with Crippen LogP contribution in [0.15, 0.2) is 12.5 Å². The lowest BCUT2D eigenvalue weighted by Crippen LogP contribution is -2.42. The molecule has 2 aliphatic heterocycles. The Morgan fingerprint density at radius 3 is 2.79 bits per heavy atom. The van der Waals surface area contributed by atoms with E-state index in [1.54, 1.807) is 6.33 Å². The molecule has 0 aliphatic carbocycles. The second kappa shape index (κ2) is 5.33. The third-order valence-corrected chi connectivity index (χ3v) is 4.23. The summed E-state index contributed by atoms with van der Waals surface area (Å²) in [6.45, 7) is 4.32. The van der Waals surface area contributed by atoms with Crippen LogP contribution in [0, 0.1) is 0 Å². The van der Waals surface area contributed by atoms with E-state index < -0.39 is 0 Å². The van der Waals surface area contributed by atoms with Crippen LogP contribution in [0.3, 0.4) is 0 Å². The number of imidazole rings is 1. The summed E-state index contributed by atoms with van der Waals surface area (Å²) in [5, 5.41) is 0. The summed E-state index contributed by atoms with van der Waals surface area (Å²) in [4.78, 5) is 21.2. The van der Waals surface area contributed by atoms with Gasteiger partial charge < -0.3 is 14.4 Å². The van der Waals surface area contributed by atoms with Crippen LogP contribution in [0.25, 0.3) is 0 Å². The standard InChI is InChI=1S/C14H22N4O/c1-16-10-13(15-11-16)14(19)18-8-4-5-12(18)9-17-6-2-3-7-17/h10-12H,2-9H2,1H3/t12-/m0/s1. The lowest BCUT2D eigenvalue weighted by Gasteiger charge is -2.28. The molecule has 1 amide bonds. The Balaban J connectivity index is 1.66.